The summed E-state index contributed by atoms with van der Waals surface area (Å²) < 4.78 is 5.69. The first-order chi connectivity index (χ1) is 9.35. The molecule has 4 nitrogen and oxygen atoms in total. The highest BCUT2D eigenvalue weighted by atomic mass is 16.5. The molecule has 3 atom stereocenters. The van der Waals surface area contributed by atoms with E-state index < -0.39 is 12.2 Å². The van der Waals surface area contributed by atoms with E-state index in [-0.39, 0.29) is 11.9 Å². The summed E-state index contributed by atoms with van der Waals surface area (Å²) in [4.78, 5) is 11.9. The molecule has 1 aromatic rings. The van der Waals surface area contributed by atoms with Crippen LogP contribution >= 0.6 is 0 Å². The SMILES string of the molecule is CCC(C)NC(=O)C(C)Oc1ccc([C@@H](C)O)cc1C. The number of hydrogen-bond acceptors (Lipinski definition) is 3. The fourth-order valence-corrected chi connectivity index (χ4v) is 1.77. The molecular weight excluding hydrogens is 254 g/mol. The summed E-state index contributed by atoms with van der Waals surface area (Å²) in [6.07, 6.45) is -0.158. The molecule has 112 valence electrons. The Kier molecular flexibility index (Phi) is 6.02. The van der Waals surface area contributed by atoms with Crippen molar-refractivity contribution in [3.8, 4) is 5.75 Å². The van der Waals surface area contributed by atoms with Gasteiger partial charge in [-0.3, -0.25) is 4.79 Å². The largest absolute Gasteiger partial charge is 0.481 e. The molecular formula is C16H25NO3. The van der Waals surface area contributed by atoms with Gasteiger partial charge in [-0.15, -0.1) is 0 Å². The van der Waals surface area contributed by atoms with Gasteiger partial charge in [0.1, 0.15) is 5.75 Å². The van der Waals surface area contributed by atoms with Gasteiger partial charge in [0.15, 0.2) is 6.10 Å². The average molecular weight is 279 g/mol. The topological polar surface area (TPSA) is 58.6 Å². The fourth-order valence-electron chi connectivity index (χ4n) is 1.77. The highest BCUT2D eigenvalue weighted by molar-refractivity contribution is 5.81. The summed E-state index contributed by atoms with van der Waals surface area (Å²) in [5, 5.41) is 12.4. The molecule has 0 aliphatic rings. The number of aliphatic hydroxyl groups excluding tert-OH is 1. The minimum Gasteiger partial charge on any atom is -0.481 e. The first-order valence-corrected chi connectivity index (χ1v) is 7.10. The quantitative estimate of drug-likeness (QED) is 0.841. The van der Waals surface area contributed by atoms with E-state index in [4.69, 9.17) is 4.74 Å². The third-order valence-electron chi connectivity index (χ3n) is 3.36. The third-order valence-corrected chi connectivity index (χ3v) is 3.36. The Labute approximate surface area is 121 Å². The first-order valence-electron chi connectivity index (χ1n) is 7.10. The molecule has 0 saturated heterocycles. The predicted molar refractivity (Wildman–Crippen MR) is 79.8 cm³/mol. The predicted octanol–water partition coefficient (Wildman–Crippen LogP) is 2.73. The van der Waals surface area contributed by atoms with Crippen LogP contribution in [0.4, 0.5) is 0 Å². The van der Waals surface area contributed by atoms with Gasteiger partial charge in [0.2, 0.25) is 0 Å². The van der Waals surface area contributed by atoms with E-state index in [9.17, 15) is 9.90 Å². The standard InChI is InChI=1S/C16H25NO3/c1-6-11(3)17-16(19)13(5)20-15-8-7-14(12(4)18)9-10(15)2/h7-9,11-13,18H,6H2,1-5H3,(H,17,19)/t11?,12-,13?/m1/s1. The highest BCUT2D eigenvalue weighted by Crippen LogP contribution is 2.23. The first kappa shape index (κ1) is 16.5. The molecule has 1 amide bonds. The lowest BCUT2D eigenvalue weighted by molar-refractivity contribution is -0.127. The number of aliphatic hydroxyl groups is 1. The zero-order chi connectivity index (χ0) is 15.3. The van der Waals surface area contributed by atoms with Crippen molar-refractivity contribution in [1.82, 2.24) is 5.32 Å². The Hall–Kier alpha value is -1.55. The number of carbonyl (C=O) groups is 1. The maximum atomic E-state index is 11.9. The Morgan fingerprint density at radius 2 is 2.00 bits per heavy atom. The molecule has 1 aromatic carbocycles. The van der Waals surface area contributed by atoms with Crippen molar-refractivity contribution in [2.24, 2.45) is 0 Å². The Morgan fingerprint density at radius 3 is 2.50 bits per heavy atom. The molecule has 20 heavy (non-hydrogen) atoms. The van der Waals surface area contributed by atoms with Crippen LogP contribution in [0.25, 0.3) is 0 Å². The number of amides is 1. The monoisotopic (exact) mass is 279 g/mol. The zero-order valence-electron chi connectivity index (χ0n) is 12.9. The van der Waals surface area contributed by atoms with Gasteiger partial charge in [-0.2, -0.15) is 0 Å². The molecule has 0 aromatic heterocycles. The minimum absolute atomic E-state index is 0.113. The number of carbonyl (C=O) groups excluding carboxylic acids is 1. The summed E-state index contributed by atoms with van der Waals surface area (Å²) in [5.41, 5.74) is 1.75. The summed E-state index contributed by atoms with van der Waals surface area (Å²) in [6.45, 7) is 9.35. The minimum atomic E-state index is -0.542. The average Bonchev–Trinajstić information content (AvgIpc) is 2.40. The number of rotatable bonds is 6. The molecule has 0 spiro atoms. The van der Waals surface area contributed by atoms with Crippen molar-refractivity contribution in [2.45, 2.75) is 59.3 Å². The molecule has 2 N–H and O–H groups in total. The molecule has 0 fully saturated rings. The van der Waals surface area contributed by atoms with Crippen LogP contribution in [-0.4, -0.2) is 23.2 Å². The smallest absolute Gasteiger partial charge is 0.260 e. The second kappa shape index (κ2) is 7.29. The fraction of sp³-hybridized carbons (Fsp3) is 0.562. The summed E-state index contributed by atoms with van der Waals surface area (Å²) >= 11 is 0. The Morgan fingerprint density at radius 1 is 1.35 bits per heavy atom. The van der Waals surface area contributed by atoms with Gasteiger partial charge in [-0.05, 0) is 57.4 Å². The lowest BCUT2D eigenvalue weighted by Crippen LogP contribution is -2.41. The van der Waals surface area contributed by atoms with E-state index in [1.165, 1.54) is 0 Å². The van der Waals surface area contributed by atoms with Crippen LogP contribution in [0.15, 0.2) is 18.2 Å². The molecule has 2 unspecified atom stereocenters. The summed E-state index contributed by atoms with van der Waals surface area (Å²) in [6, 6.07) is 5.63. The van der Waals surface area contributed by atoms with Crippen molar-refractivity contribution >= 4 is 5.91 Å². The second-order valence-corrected chi connectivity index (χ2v) is 5.28. The number of ether oxygens (including phenoxy) is 1. The van der Waals surface area contributed by atoms with Gasteiger partial charge in [0.05, 0.1) is 6.10 Å². The molecule has 0 saturated carbocycles. The Bertz CT molecular complexity index is 457. The maximum Gasteiger partial charge on any atom is 0.260 e. The number of hydrogen-bond donors (Lipinski definition) is 2. The normalized spacial score (nSPS) is 15.3. The molecule has 0 bridgehead atoms. The van der Waals surface area contributed by atoms with Gasteiger partial charge in [-0.25, -0.2) is 0 Å². The molecule has 0 aliphatic heterocycles. The lowest BCUT2D eigenvalue weighted by Gasteiger charge is -2.19. The van der Waals surface area contributed by atoms with Crippen molar-refractivity contribution < 1.29 is 14.6 Å². The third kappa shape index (κ3) is 4.53. The van der Waals surface area contributed by atoms with Crippen molar-refractivity contribution in [3.63, 3.8) is 0 Å². The van der Waals surface area contributed by atoms with Gasteiger partial charge < -0.3 is 15.2 Å². The number of benzene rings is 1. The van der Waals surface area contributed by atoms with Gasteiger partial charge in [0.25, 0.3) is 5.91 Å². The van der Waals surface area contributed by atoms with E-state index in [0.717, 1.165) is 17.5 Å². The second-order valence-electron chi connectivity index (χ2n) is 5.28. The Balaban J connectivity index is 2.71. The maximum absolute atomic E-state index is 11.9. The van der Waals surface area contributed by atoms with Gasteiger partial charge >= 0.3 is 0 Å². The summed E-state index contributed by atoms with van der Waals surface area (Å²) in [7, 11) is 0. The number of nitrogens with one attached hydrogen (secondary N) is 1. The van der Waals surface area contributed by atoms with Crippen LogP contribution in [0.5, 0.6) is 5.75 Å². The molecule has 0 heterocycles. The van der Waals surface area contributed by atoms with Crippen LogP contribution in [0.1, 0.15) is 51.3 Å². The lowest BCUT2D eigenvalue weighted by atomic mass is 10.1. The van der Waals surface area contributed by atoms with E-state index in [1.54, 1.807) is 19.9 Å². The van der Waals surface area contributed by atoms with Crippen LogP contribution in [0.2, 0.25) is 0 Å². The molecule has 4 heteroatoms. The van der Waals surface area contributed by atoms with Crippen LogP contribution in [0.3, 0.4) is 0 Å². The van der Waals surface area contributed by atoms with E-state index in [2.05, 4.69) is 5.32 Å². The van der Waals surface area contributed by atoms with Gasteiger partial charge in [-0.1, -0.05) is 13.0 Å². The van der Waals surface area contributed by atoms with Crippen molar-refractivity contribution in [1.29, 1.82) is 0 Å². The van der Waals surface area contributed by atoms with Gasteiger partial charge in [0, 0.05) is 6.04 Å². The molecule has 1 rings (SSSR count). The van der Waals surface area contributed by atoms with E-state index in [1.807, 2.05) is 32.9 Å². The molecule has 0 aliphatic carbocycles. The van der Waals surface area contributed by atoms with Crippen LogP contribution in [0, 0.1) is 6.92 Å². The van der Waals surface area contributed by atoms with E-state index in [0.29, 0.717) is 5.75 Å². The van der Waals surface area contributed by atoms with Crippen LogP contribution < -0.4 is 10.1 Å². The zero-order valence-corrected chi connectivity index (χ0v) is 12.9. The van der Waals surface area contributed by atoms with Crippen LogP contribution in [-0.2, 0) is 4.79 Å². The van der Waals surface area contributed by atoms with Crippen molar-refractivity contribution in [2.75, 3.05) is 0 Å². The highest BCUT2D eigenvalue weighted by Gasteiger charge is 2.17. The van der Waals surface area contributed by atoms with Crippen molar-refractivity contribution in [3.05, 3.63) is 29.3 Å². The molecule has 0 radical (unpaired) electrons. The summed E-state index contributed by atoms with van der Waals surface area (Å²) in [5.74, 6) is 0.555. The van der Waals surface area contributed by atoms with E-state index >= 15 is 0 Å². The number of aryl methyl sites for hydroxylation is 1.